The maximum Gasteiger partial charge on any atom is 0.309 e. The van der Waals surface area contributed by atoms with Gasteiger partial charge < -0.3 is 10.1 Å². The maximum atomic E-state index is 11.8. The van der Waals surface area contributed by atoms with Crippen LogP contribution in [0.4, 0.5) is 5.82 Å². The molecule has 0 aliphatic heterocycles. The van der Waals surface area contributed by atoms with Crippen LogP contribution in [0.2, 0.25) is 10.0 Å². The zero-order valence-corrected chi connectivity index (χ0v) is 11.7. The molecular formula is C12H12Cl2N2O3. The van der Waals surface area contributed by atoms with Gasteiger partial charge in [0.2, 0.25) is 0 Å². The van der Waals surface area contributed by atoms with E-state index in [2.05, 4.69) is 10.3 Å². The number of ether oxygens (including phenoxy) is 1. The first-order valence-corrected chi connectivity index (χ1v) is 6.55. The van der Waals surface area contributed by atoms with E-state index in [1.807, 2.05) is 0 Å². The lowest BCUT2D eigenvalue weighted by atomic mass is 10.3. The van der Waals surface area contributed by atoms with Crippen molar-refractivity contribution >= 4 is 40.9 Å². The first-order chi connectivity index (χ1) is 8.97. The second-order valence-electron chi connectivity index (χ2n) is 4.33. The van der Waals surface area contributed by atoms with E-state index in [0.717, 1.165) is 12.8 Å². The molecule has 1 saturated carbocycles. The van der Waals surface area contributed by atoms with Crippen molar-refractivity contribution in [2.24, 2.45) is 5.92 Å². The Labute approximate surface area is 120 Å². The molecule has 5 nitrogen and oxygen atoms in total. The van der Waals surface area contributed by atoms with Crippen LogP contribution in [0.3, 0.4) is 0 Å². The molecule has 19 heavy (non-hydrogen) atoms. The van der Waals surface area contributed by atoms with Crippen LogP contribution in [-0.2, 0) is 14.3 Å². The predicted octanol–water partition coefficient (Wildman–Crippen LogP) is 2.67. The molecule has 1 aliphatic rings. The number of rotatable bonds is 4. The third-order valence-electron chi connectivity index (χ3n) is 2.62. The van der Waals surface area contributed by atoms with Crippen molar-refractivity contribution in [2.45, 2.75) is 25.9 Å². The van der Waals surface area contributed by atoms with Crippen LogP contribution >= 0.6 is 23.2 Å². The van der Waals surface area contributed by atoms with E-state index in [-0.39, 0.29) is 22.7 Å². The summed E-state index contributed by atoms with van der Waals surface area (Å²) in [6.45, 7) is 1.50. The molecule has 0 unspecified atom stereocenters. The fraction of sp³-hybridized carbons (Fsp3) is 0.417. The number of nitrogens with zero attached hydrogens (tertiary/aromatic N) is 1. The SMILES string of the molecule is C[C@H](OC(=O)C1CC1)C(=O)Nc1ncc(Cl)cc1Cl. The van der Waals surface area contributed by atoms with E-state index < -0.39 is 12.0 Å². The second-order valence-corrected chi connectivity index (χ2v) is 5.17. The number of hydrogen-bond donors (Lipinski definition) is 1. The molecule has 1 atom stereocenters. The van der Waals surface area contributed by atoms with Crippen LogP contribution in [0.1, 0.15) is 19.8 Å². The number of carbonyl (C=O) groups excluding carboxylic acids is 2. The first-order valence-electron chi connectivity index (χ1n) is 5.80. The highest BCUT2D eigenvalue weighted by atomic mass is 35.5. The molecule has 2 rings (SSSR count). The summed E-state index contributed by atoms with van der Waals surface area (Å²) in [5.41, 5.74) is 0. The summed E-state index contributed by atoms with van der Waals surface area (Å²) in [5.74, 6) is -0.679. The Morgan fingerprint density at radius 3 is 2.74 bits per heavy atom. The molecule has 7 heteroatoms. The molecule has 1 amide bonds. The number of pyridine rings is 1. The van der Waals surface area contributed by atoms with Gasteiger partial charge in [0.05, 0.1) is 16.0 Å². The Balaban J connectivity index is 1.93. The van der Waals surface area contributed by atoms with Gasteiger partial charge in [-0.05, 0) is 25.8 Å². The average Bonchev–Trinajstić information content (AvgIpc) is 3.16. The van der Waals surface area contributed by atoms with Crippen molar-refractivity contribution < 1.29 is 14.3 Å². The van der Waals surface area contributed by atoms with Gasteiger partial charge in [-0.15, -0.1) is 0 Å². The fourth-order valence-corrected chi connectivity index (χ4v) is 1.80. The molecule has 0 spiro atoms. The number of anilines is 1. The number of aromatic nitrogens is 1. The molecule has 1 fully saturated rings. The number of nitrogens with one attached hydrogen (secondary N) is 1. The molecule has 0 aromatic carbocycles. The van der Waals surface area contributed by atoms with E-state index >= 15 is 0 Å². The molecule has 1 aromatic rings. The topological polar surface area (TPSA) is 68.3 Å². The minimum atomic E-state index is -0.887. The molecule has 1 aliphatic carbocycles. The highest BCUT2D eigenvalue weighted by molar-refractivity contribution is 6.36. The summed E-state index contributed by atoms with van der Waals surface area (Å²) in [4.78, 5) is 27.1. The summed E-state index contributed by atoms with van der Waals surface area (Å²) in [6.07, 6.45) is 2.14. The van der Waals surface area contributed by atoms with Crippen LogP contribution in [0.25, 0.3) is 0 Å². The van der Waals surface area contributed by atoms with E-state index in [9.17, 15) is 9.59 Å². The predicted molar refractivity (Wildman–Crippen MR) is 71.2 cm³/mol. The van der Waals surface area contributed by atoms with Gasteiger partial charge in [-0.3, -0.25) is 9.59 Å². The molecule has 1 N–H and O–H groups in total. The van der Waals surface area contributed by atoms with Crippen molar-refractivity contribution in [3.05, 3.63) is 22.3 Å². The highest BCUT2D eigenvalue weighted by Gasteiger charge is 2.33. The molecule has 102 valence electrons. The fourth-order valence-electron chi connectivity index (χ4n) is 1.37. The van der Waals surface area contributed by atoms with Gasteiger partial charge in [0, 0.05) is 6.20 Å². The van der Waals surface area contributed by atoms with Crippen molar-refractivity contribution in [3.63, 3.8) is 0 Å². The summed E-state index contributed by atoms with van der Waals surface area (Å²) < 4.78 is 5.02. The molecule has 0 saturated heterocycles. The number of halogens is 2. The zero-order chi connectivity index (χ0) is 14.0. The largest absolute Gasteiger partial charge is 0.452 e. The third-order valence-corrected chi connectivity index (χ3v) is 3.12. The average molecular weight is 303 g/mol. The van der Waals surface area contributed by atoms with Crippen molar-refractivity contribution in [1.29, 1.82) is 0 Å². The number of amides is 1. The van der Waals surface area contributed by atoms with Gasteiger partial charge in [-0.2, -0.15) is 0 Å². The Kier molecular flexibility index (Phi) is 4.27. The van der Waals surface area contributed by atoms with Crippen LogP contribution < -0.4 is 5.32 Å². The smallest absolute Gasteiger partial charge is 0.309 e. The first kappa shape index (κ1) is 14.1. The Morgan fingerprint density at radius 2 is 2.16 bits per heavy atom. The Morgan fingerprint density at radius 1 is 1.47 bits per heavy atom. The van der Waals surface area contributed by atoms with Crippen LogP contribution in [0, 0.1) is 5.92 Å². The summed E-state index contributed by atoms with van der Waals surface area (Å²) in [5, 5.41) is 3.08. The van der Waals surface area contributed by atoms with Gasteiger partial charge in [-0.25, -0.2) is 4.98 Å². The normalized spacial score (nSPS) is 15.7. The summed E-state index contributed by atoms with van der Waals surface area (Å²) >= 11 is 11.6. The second kappa shape index (κ2) is 5.75. The van der Waals surface area contributed by atoms with E-state index in [1.165, 1.54) is 19.2 Å². The molecule has 1 aromatic heterocycles. The molecule has 0 bridgehead atoms. The van der Waals surface area contributed by atoms with Gasteiger partial charge in [0.15, 0.2) is 11.9 Å². The van der Waals surface area contributed by atoms with Crippen LogP contribution in [0.5, 0.6) is 0 Å². The summed E-state index contributed by atoms with van der Waals surface area (Å²) in [6, 6.07) is 1.46. The third kappa shape index (κ3) is 3.81. The molecule has 1 heterocycles. The lowest BCUT2D eigenvalue weighted by Gasteiger charge is -2.13. The van der Waals surface area contributed by atoms with Gasteiger partial charge >= 0.3 is 5.97 Å². The lowest BCUT2D eigenvalue weighted by Crippen LogP contribution is -2.30. The Bertz CT molecular complexity index is 518. The quantitative estimate of drug-likeness (QED) is 0.868. The van der Waals surface area contributed by atoms with Crippen molar-refractivity contribution in [3.8, 4) is 0 Å². The maximum absolute atomic E-state index is 11.8. The Hall–Kier alpha value is -1.33. The van der Waals surface area contributed by atoms with E-state index in [4.69, 9.17) is 27.9 Å². The van der Waals surface area contributed by atoms with Crippen molar-refractivity contribution in [2.75, 3.05) is 5.32 Å². The van der Waals surface area contributed by atoms with Crippen LogP contribution in [0.15, 0.2) is 12.3 Å². The standard InChI is InChI=1S/C12H12Cl2N2O3/c1-6(19-12(18)7-2-3-7)11(17)16-10-9(14)4-8(13)5-15-10/h4-7H,2-3H2,1H3,(H,15,16,17)/t6-/m0/s1. The lowest BCUT2D eigenvalue weighted by molar-refractivity contribution is -0.154. The van der Waals surface area contributed by atoms with Gasteiger partial charge in [0.25, 0.3) is 5.91 Å². The number of esters is 1. The monoisotopic (exact) mass is 302 g/mol. The minimum absolute atomic E-state index is 0.0486. The summed E-state index contributed by atoms with van der Waals surface area (Å²) in [7, 11) is 0. The van der Waals surface area contributed by atoms with E-state index in [1.54, 1.807) is 0 Å². The van der Waals surface area contributed by atoms with E-state index in [0.29, 0.717) is 5.02 Å². The van der Waals surface area contributed by atoms with Gasteiger partial charge in [0.1, 0.15) is 0 Å². The van der Waals surface area contributed by atoms with Crippen LogP contribution in [-0.4, -0.2) is 23.0 Å². The highest BCUT2D eigenvalue weighted by Crippen LogP contribution is 2.30. The molecular weight excluding hydrogens is 291 g/mol. The zero-order valence-electron chi connectivity index (χ0n) is 10.2. The minimum Gasteiger partial charge on any atom is -0.452 e. The van der Waals surface area contributed by atoms with Crippen molar-refractivity contribution in [1.82, 2.24) is 4.98 Å². The number of hydrogen-bond acceptors (Lipinski definition) is 4. The number of carbonyl (C=O) groups is 2. The molecule has 0 radical (unpaired) electrons. The van der Waals surface area contributed by atoms with Gasteiger partial charge in [-0.1, -0.05) is 23.2 Å².